The van der Waals surface area contributed by atoms with Gasteiger partial charge in [0.05, 0.1) is 35.2 Å². The number of nitrogens with two attached hydrogens (primary N) is 5. The Morgan fingerprint density at radius 1 is 0.731 bits per heavy atom. The Morgan fingerprint density at radius 3 is 1.97 bits per heavy atom. The van der Waals surface area contributed by atoms with Crippen LogP contribution < -0.4 is 71.2 Å². The zero-order valence-electron chi connectivity index (χ0n) is 44.9. The standard InChI is InChI=1S/C47H79N17O10S4/c1-26-37(63-41(64-39(26)51)32(22-35(50)65)57-23-29(49)40(52)67)46(72)61-31(12-21-78(5)74)45(71)58-28(3)38(66)27(2)42(68)60-30(11-20-77(4)73)43(69)56-19-10-36-59-34(25-75-36)47-62-33(24-76-47)44(70)55-18-9-17-54-15-7-6-14-53-16-8-13-48/h24-25,27-32,38,53-54,57,66H,6-23,48-49H2,1-5H3,(H2,50,65)(H2,52,67)(H,55,70)(H,56,69)(H,58,71)(H,60,68)(H,61,72)(H2,51,63,64)/t27-,28+,29-,30-,31-,32-,38-,77?,78?/m0/s1. The van der Waals surface area contributed by atoms with E-state index in [0.29, 0.717) is 40.9 Å². The third kappa shape index (κ3) is 23.8. The third-order valence-electron chi connectivity index (χ3n) is 12.0. The van der Waals surface area contributed by atoms with Crippen LogP contribution in [0.15, 0.2) is 10.8 Å². The highest BCUT2D eigenvalue weighted by Gasteiger charge is 2.33. The number of aliphatic hydroxyl groups excluding tert-OH is 1. The fourth-order valence-electron chi connectivity index (χ4n) is 7.31. The van der Waals surface area contributed by atoms with Crippen LogP contribution >= 0.6 is 22.7 Å². The van der Waals surface area contributed by atoms with Gasteiger partial charge in [0.1, 0.15) is 45.8 Å². The van der Waals surface area contributed by atoms with Crippen LogP contribution in [-0.2, 0) is 52.0 Å². The first-order valence-corrected chi connectivity index (χ1v) is 30.7. The average Bonchev–Trinajstić information content (AvgIpc) is 4.10. The van der Waals surface area contributed by atoms with Gasteiger partial charge in [0.2, 0.25) is 29.5 Å². The number of amides is 7. The molecule has 7 amide bonds. The number of hydrogen-bond donors (Lipinski definition) is 14. The summed E-state index contributed by atoms with van der Waals surface area (Å²) in [6, 6.07) is -5.83. The molecule has 78 heavy (non-hydrogen) atoms. The van der Waals surface area contributed by atoms with Crippen LogP contribution in [0, 0.1) is 12.8 Å². The number of hydrogen-bond acceptors (Lipinski definition) is 22. The van der Waals surface area contributed by atoms with Crippen molar-refractivity contribution < 1.29 is 47.1 Å². The van der Waals surface area contributed by atoms with Gasteiger partial charge in [-0.25, -0.2) is 19.9 Å². The molecule has 2 unspecified atom stereocenters. The minimum absolute atomic E-state index is 0.00751. The first-order valence-electron chi connectivity index (χ1n) is 25.5. The van der Waals surface area contributed by atoms with E-state index in [1.807, 2.05) is 5.38 Å². The number of rotatable bonds is 39. The summed E-state index contributed by atoms with van der Waals surface area (Å²) in [5, 5.41) is 39.2. The highest BCUT2D eigenvalue weighted by Crippen LogP contribution is 2.26. The van der Waals surface area contributed by atoms with Crippen molar-refractivity contribution in [2.75, 3.05) is 82.1 Å². The second-order valence-corrected chi connectivity index (χ2v) is 23.5. The smallest absolute Gasteiger partial charge is 0.271 e. The molecule has 436 valence electrons. The van der Waals surface area contributed by atoms with Gasteiger partial charge in [-0.1, -0.05) is 6.92 Å². The van der Waals surface area contributed by atoms with Crippen LogP contribution in [0.1, 0.15) is 102 Å². The van der Waals surface area contributed by atoms with Crippen molar-refractivity contribution in [3.05, 3.63) is 38.5 Å². The highest BCUT2D eigenvalue weighted by atomic mass is 32.2. The molecule has 0 saturated heterocycles. The van der Waals surface area contributed by atoms with E-state index in [4.69, 9.17) is 28.7 Å². The van der Waals surface area contributed by atoms with Crippen molar-refractivity contribution in [2.24, 2.45) is 28.9 Å². The molecule has 0 aliphatic carbocycles. The number of carbonyl (C=O) groups excluding carboxylic acids is 7. The molecule has 0 radical (unpaired) electrons. The molecular weight excluding hydrogens is 1090 g/mol. The Hall–Kier alpha value is -5.51. The lowest BCUT2D eigenvalue weighted by Gasteiger charge is -2.28. The van der Waals surface area contributed by atoms with E-state index < -0.39 is 99.3 Å². The highest BCUT2D eigenvalue weighted by molar-refractivity contribution is 7.84. The van der Waals surface area contributed by atoms with E-state index in [1.165, 1.54) is 56.0 Å². The molecule has 9 atom stereocenters. The molecule has 27 nitrogen and oxygen atoms in total. The number of unbranched alkanes of at least 4 members (excludes halogenated alkanes) is 1. The number of nitrogens with zero attached hydrogens (tertiary/aromatic N) is 4. The summed E-state index contributed by atoms with van der Waals surface area (Å²) in [5.74, 6) is -6.39. The van der Waals surface area contributed by atoms with Crippen LogP contribution in [0.5, 0.6) is 0 Å². The average molecular weight is 1170 g/mol. The van der Waals surface area contributed by atoms with Gasteiger partial charge < -0.3 is 76.3 Å². The molecule has 19 N–H and O–H groups in total. The van der Waals surface area contributed by atoms with Crippen molar-refractivity contribution in [3.63, 3.8) is 0 Å². The van der Waals surface area contributed by atoms with Gasteiger partial charge in [-0.2, -0.15) is 0 Å². The zero-order valence-corrected chi connectivity index (χ0v) is 48.1. The summed E-state index contributed by atoms with van der Waals surface area (Å²) in [5.41, 5.74) is 28.8. The number of carbonyl (C=O) groups is 7. The Balaban J connectivity index is 1.57. The first-order chi connectivity index (χ1) is 37.0. The number of thiazole rings is 2. The maximum absolute atomic E-state index is 13.8. The number of aliphatic hydroxyl groups is 1. The number of nitrogens with one attached hydrogen (secondary N) is 8. The molecule has 3 aromatic rings. The minimum Gasteiger partial charge on any atom is -0.390 e. The van der Waals surface area contributed by atoms with Crippen molar-refractivity contribution in [1.29, 1.82) is 0 Å². The van der Waals surface area contributed by atoms with Crippen molar-refractivity contribution in [2.45, 2.75) is 108 Å². The first kappa shape index (κ1) is 66.8. The molecule has 0 saturated carbocycles. The zero-order chi connectivity index (χ0) is 57.9. The second kappa shape index (κ2) is 35.2. The third-order valence-corrected chi connectivity index (χ3v) is 15.4. The van der Waals surface area contributed by atoms with Crippen molar-refractivity contribution in [1.82, 2.24) is 62.5 Å². The fourth-order valence-corrected chi connectivity index (χ4v) is 10.1. The molecule has 3 aromatic heterocycles. The molecule has 31 heteroatoms. The molecule has 0 bridgehead atoms. The van der Waals surface area contributed by atoms with E-state index in [9.17, 15) is 47.1 Å². The van der Waals surface area contributed by atoms with Crippen LogP contribution in [-0.4, -0.2) is 181 Å². The molecule has 3 heterocycles. The SMILES string of the molecule is Cc1c(N)nc([C@H](CC(N)=O)NC[C@H](N)C(N)=O)nc1C(=O)N[C@@H](CCS(C)=O)C(=O)N[C@H](C)[C@@H](O)[C@H](C)C(=O)N[C@@H](CCS(C)=O)C(=O)NCCc1nc(-c2nc(C(=O)NCCCNCCCCNCCCN)cs2)cs1. The molecule has 0 aliphatic rings. The normalized spacial score (nSPS) is 14.9. The van der Waals surface area contributed by atoms with Gasteiger partial charge in [-0.15, -0.1) is 22.7 Å². The number of aromatic nitrogens is 4. The van der Waals surface area contributed by atoms with Gasteiger partial charge in [0, 0.05) is 94.4 Å². The predicted molar refractivity (Wildman–Crippen MR) is 301 cm³/mol. The van der Waals surface area contributed by atoms with Gasteiger partial charge >= 0.3 is 0 Å². The summed E-state index contributed by atoms with van der Waals surface area (Å²) in [4.78, 5) is 109. The minimum atomic E-state index is -1.53. The Labute approximate surface area is 467 Å². The van der Waals surface area contributed by atoms with Crippen molar-refractivity contribution >= 4 is 91.4 Å². The topological polar surface area (TPSA) is 452 Å². The largest absolute Gasteiger partial charge is 0.390 e. The van der Waals surface area contributed by atoms with Gasteiger partial charge in [0.15, 0.2) is 0 Å². The van der Waals surface area contributed by atoms with Crippen LogP contribution in [0.4, 0.5) is 5.82 Å². The molecule has 0 fully saturated rings. The number of primary amides is 2. The van der Waals surface area contributed by atoms with E-state index in [1.54, 1.807) is 5.38 Å². The van der Waals surface area contributed by atoms with Gasteiger partial charge in [-0.3, -0.25) is 42.0 Å². The monoisotopic (exact) mass is 1170 g/mol. The summed E-state index contributed by atoms with van der Waals surface area (Å²) < 4.78 is 24.3. The molecule has 3 rings (SSSR count). The van der Waals surface area contributed by atoms with E-state index in [2.05, 4.69) is 62.5 Å². The summed E-state index contributed by atoms with van der Waals surface area (Å²) in [6.45, 7) is 8.98. The lowest BCUT2D eigenvalue weighted by atomic mass is 9.97. The van der Waals surface area contributed by atoms with Crippen molar-refractivity contribution in [3.8, 4) is 10.7 Å². The number of anilines is 1. The summed E-state index contributed by atoms with van der Waals surface area (Å²) in [6.07, 6.45) is 5.03. The molecule has 0 aliphatic heterocycles. The Morgan fingerprint density at radius 2 is 1.36 bits per heavy atom. The van der Waals surface area contributed by atoms with Crippen LogP contribution in [0.25, 0.3) is 10.7 Å². The maximum Gasteiger partial charge on any atom is 0.271 e. The summed E-state index contributed by atoms with van der Waals surface area (Å²) >= 11 is 2.64. The van der Waals surface area contributed by atoms with Crippen LogP contribution in [0.2, 0.25) is 0 Å². The van der Waals surface area contributed by atoms with E-state index in [-0.39, 0.29) is 72.7 Å². The second-order valence-electron chi connectivity index (χ2n) is 18.5. The quantitative estimate of drug-likeness (QED) is 0.0249. The van der Waals surface area contributed by atoms with E-state index in [0.717, 1.165) is 51.9 Å². The molecule has 0 spiro atoms. The maximum atomic E-state index is 13.8. The van der Waals surface area contributed by atoms with E-state index >= 15 is 0 Å². The van der Waals surface area contributed by atoms with Gasteiger partial charge in [-0.05, 0) is 85.1 Å². The fraction of sp³-hybridized carbons (Fsp3) is 0.638. The molecular formula is C47H79N17O10S4. The lowest BCUT2D eigenvalue weighted by Crippen LogP contribution is -2.55. The van der Waals surface area contributed by atoms with Crippen LogP contribution in [0.3, 0.4) is 0 Å². The predicted octanol–water partition coefficient (Wildman–Crippen LogP) is -3.32. The van der Waals surface area contributed by atoms with Gasteiger partial charge in [0.25, 0.3) is 11.8 Å². The summed E-state index contributed by atoms with van der Waals surface area (Å²) in [7, 11) is -2.73. The number of nitrogen functional groups attached to an aromatic ring is 1. The lowest BCUT2D eigenvalue weighted by molar-refractivity contribution is -0.134. The molecule has 0 aromatic carbocycles. The Bertz CT molecular complexity index is 2500. The Kier molecular flexibility index (Phi) is 30.1.